The van der Waals surface area contributed by atoms with Crippen LogP contribution in [0.2, 0.25) is 0 Å². The first-order chi connectivity index (χ1) is 9.20. The average Bonchev–Trinajstić information content (AvgIpc) is 2.46. The van der Waals surface area contributed by atoms with Crippen LogP contribution in [-0.4, -0.2) is 11.8 Å². The molecule has 2 amide bonds. The second-order valence-electron chi connectivity index (χ2n) is 4.62. The van der Waals surface area contributed by atoms with E-state index in [1.54, 1.807) is 18.2 Å². The highest BCUT2D eigenvalue weighted by molar-refractivity contribution is 6.25. The molecule has 0 saturated heterocycles. The van der Waals surface area contributed by atoms with Crippen LogP contribution >= 0.6 is 0 Å². The van der Waals surface area contributed by atoms with Crippen molar-refractivity contribution in [3.8, 4) is 0 Å². The molecule has 1 aliphatic rings. The molecule has 0 saturated carbocycles. The lowest BCUT2D eigenvalue weighted by Gasteiger charge is -2.30. The van der Waals surface area contributed by atoms with E-state index in [1.165, 1.54) is 4.90 Å². The van der Waals surface area contributed by atoms with Gasteiger partial charge in [0.05, 0.1) is 11.6 Å². The molecule has 94 valence electrons. The maximum Gasteiger partial charge on any atom is 0.265 e. The number of para-hydroxylation sites is 1. The summed E-state index contributed by atoms with van der Waals surface area (Å²) in [7, 11) is 0. The van der Waals surface area contributed by atoms with Gasteiger partial charge in [-0.3, -0.25) is 9.59 Å². The predicted molar refractivity (Wildman–Crippen MR) is 73.1 cm³/mol. The highest BCUT2D eigenvalue weighted by atomic mass is 16.2. The van der Waals surface area contributed by atoms with E-state index in [4.69, 9.17) is 0 Å². The molecule has 19 heavy (non-hydrogen) atoms. The Hall–Kier alpha value is -2.42. The van der Waals surface area contributed by atoms with Gasteiger partial charge in [0.15, 0.2) is 0 Å². The largest absolute Gasteiger partial charge is 0.273 e. The zero-order chi connectivity index (χ0) is 13.4. The van der Waals surface area contributed by atoms with E-state index in [-0.39, 0.29) is 17.7 Å². The minimum atomic E-state index is -0.297. The third-order valence-corrected chi connectivity index (χ3v) is 3.47. The minimum absolute atomic E-state index is 0.171. The van der Waals surface area contributed by atoms with Crippen LogP contribution in [0.3, 0.4) is 0 Å². The van der Waals surface area contributed by atoms with E-state index in [0.717, 1.165) is 5.56 Å². The van der Waals surface area contributed by atoms with Crippen LogP contribution in [0, 0.1) is 0 Å². The summed E-state index contributed by atoms with van der Waals surface area (Å²) < 4.78 is 0. The van der Waals surface area contributed by atoms with Gasteiger partial charge in [0.25, 0.3) is 5.91 Å². The molecule has 2 aromatic rings. The van der Waals surface area contributed by atoms with Crippen LogP contribution in [0.1, 0.15) is 28.8 Å². The summed E-state index contributed by atoms with van der Waals surface area (Å²) in [5.41, 5.74) is 2.04. The second-order valence-corrected chi connectivity index (χ2v) is 4.62. The van der Waals surface area contributed by atoms with Crippen molar-refractivity contribution in [1.82, 2.24) is 0 Å². The summed E-state index contributed by atoms with van der Waals surface area (Å²) in [6.45, 7) is 1.84. The Bertz CT molecular complexity index is 649. The fourth-order valence-electron chi connectivity index (χ4n) is 2.44. The number of hydrogen-bond acceptors (Lipinski definition) is 2. The average molecular weight is 251 g/mol. The van der Waals surface area contributed by atoms with Crippen molar-refractivity contribution in [2.24, 2.45) is 0 Å². The quantitative estimate of drug-likeness (QED) is 0.731. The first kappa shape index (κ1) is 11.7. The molecule has 0 radical (unpaired) electrons. The van der Waals surface area contributed by atoms with Crippen LogP contribution in [0.4, 0.5) is 5.69 Å². The van der Waals surface area contributed by atoms with Crippen LogP contribution in [0.5, 0.6) is 0 Å². The van der Waals surface area contributed by atoms with Crippen molar-refractivity contribution in [3.63, 3.8) is 0 Å². The molecule has 0 N–H and O–H groups in total. The molecule has 0 fully saturated rings. The van der Waals surface area contributed by atoms with Gasteiger partial charge in [-0.2, -0.15) is 0 Å². The van der Waals surface area contributed by atoms with Crippen LogP contribution < -0.4 is 4.90 Å². The van der Waals surface area contributed by atoms with Crippen molar-refractivity contribution in [3.05, 3.63) is 65.7 Å². The smallest absolute Gasteiger partial charge is 0.265 e. The Balaban J connectivity index is 2.15. The van der Waals surface area contributed by atoms with Gasteiger partial charge < -0.3 is 0 Å². The molecule has 0 aromatic heterocycles. The number of rotatable bonds is 1. The summed E-state index contributed by atoms with van der Waals surface area (Å²) in [4.78, 5) is 26.2. The Morgan fingerprint density at radius 1 is 0.895 bits per heavy atom. The topological polar surface area (TPSA) is 37.4 Å². The van der Waals surface area contributed by atoms with Crippen molar-refractivity contribution < 1.29 is 9.59 Å². The lowest BCUT2D eigenvalue weighted by molar-refractivity contribution is -0.119. The number of carbonyl (C=O) groups is 2. The van der Waals surface area contributed by atoms with Crippen LogP contribution in [-0.2, 0) is 4.79 Å². The zero-order valence-electron chi connectivity index (χ0n) is 10.5. The van der Waals surface area contributed by atoms with E-state index in [1.807, 2.05) is 43.3 Å². The van der Waals surface area contributed by atoms with Gasteiger partial charge in [-0.05, 0) is 30.7 Å². The van der Waals surface area contributed by atoms with Gasteiger partial charge in [-0.25, -0.2) is 4.90 Å². The molecule has 1 heterocycles. The standard InChI is InChI=1S/C16H13NO2/c1-11-13-9-5-6-10-14(13)16(19)17(15(11)18)12-7-3-2-4-8-12/h2-11H,1H3. The summed E-state index contributed by atoms with van der Waals surface area (Å²) in [5.74, 6) is -0.714. The molecule has 3 heteroatoms. The summed E-state index contributed by atoms with van der Waals surface area (Å²) in [5, 5.41) is 0. The predicted octanol–water partition coefficient (Wildman–Crippen LogP) is 2.98. The first-order valence-electron chi connectivity index (χ1n) is 6.22. The summed E-state index contributed by atoms with van der Waals surface area (Å²) >= 11 is 0. The van der Waals surface area contributed by atoms with Gasteiger partial charge in [0.2, 0.25) is 5.91 Å². The van der Waals surface area contributed by atoms with Crippen molar-refractivity contribution in [2.45, 2.75) is 12.8 Å². The number of imide groups is 1. The van der Waals surface area contributed by atoms with Gasteiger partial charge in [0.1, 0.15) is 0 Å². The Morgan fingerprint density at radius 3 is 2.26 bits per heavy atom. The molecular weight excluding hydrogens is 238 g/mol. The van der Waals surface area contributed by atoms with Gasteiger partial charge >= 0.3 is 0 Å². The molecule has 3 nitrogen and oxygen atoms in total. The van der Waals surface area contributed by atoms with Crippen molar-refractivity contribution in [1.29, 1.82) is 0 Å². The number of nitrogens with zero attached hydrogens (tertiary/aromatic N) is 1. The third kappa shape index (κ3) is 1.74. The Kier molecular flexibility index (Phi) is 2.67. The lowest BCUT2D eigenvalue weighted by atomic mass is 9.89. The van der Waals surface area contributed by atoms with Crippen LogP contribution in [0.15, 0.2) is 54.6 Å². The Morgan fingerprint density at radius 2 is 1.53 bits per heavy atom. The highest BCUT2D eigenvalue weighted by Crippen LogP contribution is 2.31. The van der Waals surface area contributed by atoms with Crippen molar-refractivity contribution >= 4 is 17.5 Å². The zero-order valence-corrected chi connectivity index (χ0v) is 10.5. The van der Waals surface area contributed by atoms with E-state index in [2.05, 4.69) is 0 Å². The number of benzene rings is 2. The van der Waals surface area contributed by atoms with Crippen LogP contribution in [0.25, 0.3) is 0 Å². The first-order valence-corrected chi connectivity index (χ1v) is 6.22. The number of carbonyl (C=O) groups excluding carboxylic acids is 2. The number of anilines is 1. The van der Waals surface area contributed by atoms with E-state index in [9.17, 15) is 9.59 Å². The minimum Gasteiger partial charge on any atom is -0.273 e. The maximum absolute atomic E-state index is 12.5. The normalized spacial score (nSPS) is 18.4. The SMILES string of the molecule is CC1C(=O)N(c2ccccc2)C(=O)c2ccccc21. The molecule has 1 atom stereocenters. The molecular formula is C16H13NO2. The van der Waals surface area contributed by atoms with Crippen molar-refractivity contribution in [2.75, 3.05) is 4.90 Å². The molecule has 0 aliphatic carbocycles. The summed E-state index contributed by atoms with van der Waals surface area (Å²) in [6, 6.07) is 16.3. The van der Waals surface area contributed by atoms with E-state index in [0.29, 0.717) is 11.3 Å². The monoisotopic (exact) mass is 251 g/mol. The molecule has 3 rings (SSSR count). The van der Waals surface area contributed by atoms with E-state index < -0.39 is 0 Å². The van der Waals surface area contributed by atoms with E-state index >= 15 is 0 Å². The maximum atomic E-state index is 12.5. The number of hydrogen-bond donors (Lipinski definition) is 0. The number of fused-ring (bicyclic) bond motifs is 1. The van der Waals surface area contributed by atoms with Gasteiger partial charge in [-0.1, -0.05) is 36.4 Å². The molecule has 1 unspecified atom stereocenters. The van der Waals surface area contributed by atoms with Gasteiger partial charge in [0, 0.05) is 5.56 Å². The fraction of sp³-hybridized carbons (Fsp3) is 0.125. The second kappa shape index (κ2) is 4.35. The molecule has 1 aliphatic heterocycles. The Labute approximate surface area is 111 Å². The fourth-order valence-corrected chi connectivity index (χ4v) is 2.44. The number of amides is 2. The molecule has 0 bridgehead atoms. The lowest BCUT2D eigenvalue weighted by Crippen LogP contribution is -2.44. The molecule has 0 spiro atoms. The highest BCUT2D eigenvalue weighted by Gasteiger charge is 2.36. The molecule has 2 aromatic carbocycles. The summed E-state index contributed by atoms with van der Waals surface area (Å²) in [6.07, 6.45) is 0. The third-order valence-electron chi connectivity index (χ3n) is 3.47. The van der Waals surface area contributed by atoms with Gasteiger partial charge in [-0.15, -0.1) is 0 Å².